The molecule has 0 radical (unpaired) electrons. The summed E-state index contributed by atoms with van der Waals surface area (Å²) in [5, 5.41) is 16.8. The lowest BCUT2D eigenvalue weighted by Gasteiger charge is -2.36. The van der Waals surface area contributed by atoms with E-state index >= 15 is 0 Å². The summed E-state index contributed by atoms with van der Waals surface area (Å²) in [5.41, 5.74) is 3.33. The molecule has 1 saturated heterocycles. The van der Waals surface area contributed by atoms with Crippen LogP contribution in [0.3, 0.4) is 0 Å². The number of aromatic nitrogens is 2. The van der Waals surface area contributed by atoms with Crippen LogP contribution in [-0.4, -0.2) is 47.5 Å². The van der Waals surface area contributed by atoms with E-state index in [0.717, 1.165) is 55.9 Å². The van der Waals surface area contributed by atoms with Crippen molar-refractivity contribution < 1.29 is 14.6 Å². The van der Waals surface area contributed by atoms with Gasteiger partial charge in [-0.15, -0.1) is 0 Å². The van der Waals surface area contributed by atoms with Gasteiger partial charge < -0.3 is 19.9 Å². The van der Waals surface area contributed by atoms with Crippen molar-refractivity contribution in [2.75, 3.05) is 26.3 Å². The summed E-state index contributed by atoms with van der Waals surface area (Å²) in [7, 11) is 0. The van der Waals surface area contributed by atoms with E-state index in [2.05, 4.69) is 47.8 Å². The predicted molar refractivity (Wildman–Crippen MR) is 168 cm³/mol. The van der Waals surface area contributed by atoms with Gasteiger partial charge in [0.2, 0.25) is 0 Å². The van der Waals surface area contributed by atoms with Crippen molar-refractivity contribution in [3.05, 3.63) is 65.5 Å². The van der Waals surface area contributed by atoms with Gasteiger partial charge in [-0.1, -0.05) is 87.8 Å². The van der Waals surface area contributed by atoms with Crippen molar-refractivity contribution in [2.24, 2.45) is 11.8 Å². The van der Waals surface area contributed by atoms with Crippen molar-refractivity contribution in [3.63, 3.8) is 0 Å². The van der Waals surface area contributed by atoms with Gasteiger partial charge in [0.25, 0.3) is 0 Å². The molecule has 6 nitrogen and oxygen atoms in total. The SMILES string of the molecule is OCC(c1nc(OCCC2CCCCC2)ncc1C1CCNCC1OCc1ccc2ccccc2c1)C1CCCCC1. The third-order valence-corrected chi connectivity index (χ3v) is 10.2. The smallest absolute Gasteiger partial charge is 0.316 e. The topological polar surface area (TPSA) is 76.5 Å². The Hall–Kier alpha value is -2.54. The third-order valence-electron chi connectivity index (χ3n) is 10.2. The van der Waals surface area contributed by atoms with Crippen LogP contribution in [-0.2, 0) is 11.3 Å². The number of ether oxygens (including phenoxy) is 2. The number of hydrogen-bond acceptors (Lipinski definition) is 6. The van der Waals surface area contributed by atoms with E-state index in [-0.39, 0.29) is 24.5 Å². The Labute approximate surface area is 251 Å². The molecule has 2 aliphatic carbocycles. The van der Waals surface area contributed by atoms with Gasteiger partial charge in [0, 0.05) is 24.6 Å². The summed E-state index contributed by atoms with van der Waals surface area (Å²) in [4.78, 5) is 9.85. The average molecular weight is 572 g/mol. The number of hydrogen-bond donors (Lipinski definition) is 2. The predicted octanol–water partition coefficient (Wildman–Crippen LogP) is 7.30. The summed E-state index contributed by atoms with van der Waals surface area (Å²) in [6.07, 6.45) is 16.8. The second kappa shape index (κ2) is 14.8. The molecule has 6 heteroatoms. The minimum Gasteiger partial charge on any atom is -0.463 e. The Morgan fingerprint density at radius 2 is 1.69 bits per heavy atom. The first-order valence-corrected chi connectivity index (χ1v) is 16.7. The quantitative estimate of drug-likeness (QED) is 0.252. The molecule has 3 fully saturated rings. The zero-order valence-electron chi connectivity index (χ0n) is 25.2. The highest BCUT2D eigenvalue weighted by Crippen LogP contribution is 2.40. The van der Waals surface area contributed by atoms with E-state index in [4.69, 9.17) is 19.4 Å². The average Bonchev–Trinajstić information content (AvgIpc) is 3.05. The molecular formula is C36H49N3O3. The third kappa shape index (κ3) is 7.32. The number of aliphatic hydroxyl groups is 1. The van der Waals surface area contributed by atoms with E-state index in [9.17, 15) is 5.11 Å². The van der Waals surface area contributed by atoms with Crippen molar-refractivity contribution in [3.8, 4) is 6.01 Å². The molecule has 3 aliphatic rings. The summed E-state index contributed by atoms with van der Waals surface area (Å²) in [5.74, 6) is 1.40. The molecule has 226 valence electrons. The number of rotatable bonds is 11. The maximum absolute atomic E-state index is 10.8. The maximum Gasteiger partial charge on any atom is 0.316 e. The second-order valence-corrected chi connectivity index (χ2v) is 13.0. The molecule has 2 heterocycles. The fourth-order valence-electron chi connectivity index (χ4n) is 7.72. The number of nitrogens with zero attached hydrogens (tertiary/aromatic N) is 2. The molecule has 2 aromatic carbocycles. The van der Waals surface area contributed by atoms with Crippen LogP contribution < -0.4 is 10.1 Å². The van der Waals surface area contributed by atoms with Crippen LogP contribution in [0.5, 0.6) is 6.01 Å². The summed E-state index contributed by atoms with van der Waals surface area (Å²) < 4.78 is 12.8. The van der Waals surface area contributed by atoms with Crippen LogP contribution in [0, 0.1) is 11.8 Å². The van der Waals surface area contributed by atoms with Crippen LogP contribution in [0.1, 0.15) is 106 Å². The van der Waals surface area contributed by atoms with E-state index in [1.165, 1.54) is 67.7 Å². The Morgan fingerprint density at radius 3 is 2.50 bits per heavy atom. The van der Waals surface area contributed by atoms with E-state index in [1.807, 2.05) is 6.20 Å². The Bertz CT molecular complexity index is 1270. The first-order chi connectivity index (χ1) is 20.8. The minimum absolute atomic E-state index is 0.0105. The van der Waals surface area contributed by atoms with Gasteiger partial charge in [0.1, 0.15) is 0 Å². The molecule has 3 atom stereocenters. The van der Waals surface area contributed by atoms with Crippen LogP contribution in [0.2, 0.25) is 0 Å². The Morgan fingerprint density at radius 1 is 0.905 bits per heavy atom. The number of nitrogens with one attached hydrogen (secondary N) is 1. The van der Waals surface area contributed by atoms with E-state index in [0.29, 0.717) is 25.1 Å². The molecule has 0 spiro atoms. The molecule has 1 aliphatic heterocycles. The van der Waals surface area contributed by atoms with E-state index in [1.54, 1.807) is 0 Å². The van der Waals surface area contributed by atoms with Crippen molar-refractivity contribution in [2.45, 2.75) is 102 Å². The van der Waals surface area contributed by atoms with Gasteiger partial charge in [0.15, 0.2) is 0 Å². The van der Waals surface area contributed by atoms with Crippen LogP contribution in [0.15, 0.2) is 48.7 Å². The monoisotopic (exact) mass is 571 g/mol. The summed E-state index contributed by atoms with van der Waals surface area (Å²) in [6, 6.07) is 15.5. The van der Waals surface area contributed by atoms with Crippen LogP contribution in [0.4, 0.5) is 0 Å². The molecule has 1 aromatic heterocycles. The number of benzene rings is 2. The highest BCUT2D eigenvalue weighted by atomic mass is 16.5. The molecule has 6 rings (SSSR count). The van der Waals surface area contributed by atoms with Gasteiger partial charge in [-0.05, 0) is 72.0 Å². The zero-order valence-corrected chi connectivity index (χ0v) is 25.2. The first kappa shape index (κ1) is 29.5. The normalized spacial score (nSPS) is 23.2. The largest absolute Gasteiger partial charge is 0.463 e. The fourth-order valence-corrected chi connectivity index (χ4v) is 7.72. The van der Waals surface area contributed by atoms with Gasteiger partial charge in [-0.25, -0.2) is 4.98 Å². The molecule has 0 bridgehead atoms. The number of aliphatic hydroxyl groups excluding tert-OH is 1. The van der Waals surface area contributed by atoms with E-state index < -0.39 is 0 Å². The van der Waals surface area contributed by atoms with Gasteiger partial charge in [-0.2, -0.15) is 4.98 Å². The molecular weight excluding hydrogens is 522 g/mol. The van der Waals surface area contributed by atoms with Gasteiger partial charge >= 0.3 is 6.01 Å². The molecule has 3 aromatic rings. The lowest BCUT2D eigenvalue weighted by atomic mass is 9.75. The number of piperidine rings is 1. The van der Waals surface area contributed by atoms with Gasteiger partial charge in [0.05, 0.1) is 31.6 Å². The first-order valence-electron chi connectivity index (χ1n) is 16.7. The Balaban J connectivity index is 1.21. The molecule has 0 amide bonds. The zero-order chi connectivity index (χ0) is 28.6. The highest BCUT2D eigenvalue weighted by molar-refractivity contribution is 5.82. The van der Waals surface area contributed by atoms with Crippen molar-refractivity contribution >= 4 is 10.8 Å². The summed E-state index contributed by atoms with van der Waals surface area (Å²) >= 11 is 0. The standard InChI is InChI=1S/C36H49N3O3/c40-24-33(29-12-5-2-6-13-29)35-32(22-38-36(39-35)41-20-18-26-9-3-1-4-10-26)31-17-19-37-23-34(31)42-25-27-15-16-28-11-7-8-14-30(28)21-27/h7-8,11,14-16,21-22,26,29,31,33-34,37,40H,1-6,9-10,12-13,17-20,23-25H2. The van der Waals surface area contributed by atoms with Crippen LogP contribution in [0.25, 0.3) is 10.8 Å². The lowest BCUT2D eigenvalue weighted by Crippen LogP contribution is -2.41. The minimum atomic E-state index is 0.0105. The van der Waals surface area contributed by atoms with Gasteiger partial charge in [-0.3, -0.25) is 0 Å². The molecule has 3 unspecified atom stereocenters. The van der Waals surface area contributed by atoms with Crippen molar-refractivity contribution in [1.82, 2.24) is 15.3 Å². The second-order valence-electron chi connectivity index (χ2n) is 13.0. The maximum atomic E-state index is 10.8. The fraction of sp³-hybridized carbons (Fsp3) is 0.611. The highest BCUT2D eigenvalue weighted by Gasteiger charge is 2.35. The number of fused-ring (bicyclic) bond motifs is 1. The summed E-state index contributed by atoms with van der Waals surface area (Å²) in [6.45, 7) is 3.08. The molecule has 2 saturated carbocycles. The Kier molecular flexibility index (Phi) is 10.4. The van der Waals surface area contributed by atoms with Crippen LogP contribution >= 0.6 is 0 Å². The molecule has 2 N–H and O–H groups in total. The van der Waals surface area contributed by atoms with Crippen molar-refractivity contribution in [1.29, 1.82) is 0 Å². The molecule has 42 heavy (non-hydrogen) atoms. The lowest BCUT2D eigenvalue weighted by molar-refractivity contribution is 0.00994.